The number of fused-ring (bicyclic) bond motifs is 1. The molecule has 0 aromatic heterocycles. The molecule has 2 aromatic carbocycles. The van der Waals surface area contributed by atoms with Crippen LogP contribution in [-0.2, 0) is 12.8 Å². The van der Waals surface area contributed by atoms with Crippen molar-refractivity contribution in [3.8, 4) is 5.75 Å². The molecule has 0 spiro atoms. The molecular formula is C18H21NO. The van der Waals surface area contributed by atoms with E-state index in [1.54, 1.807) is 0 Å². The zero-order chi connectivity index (χ0) is 13.9. The summed E-state index contributed by atoms with van der Waals surface area (Å²) in [5.74, 6) is 0.982. The lowest BCUT2D eigenvalue weighted by atomic mass is 9.97. The van der Waals surface area contributed by atoms with Crippen LogP contribution in [0.3, 0.4) is 0 Å². The number of hydrogen-bond donors (Lipinski definition) is 1. The summed E-state index contributed by atoms with van der Waals surface area (Å²) in [4.78, 5) is 0. The summed E-state index contributed by atoms with van der Waals surface area (Å²) in [5.41, 5.74) is 10.2. The normalized spacial score (nSPS) is 18.4. The second-order valence-electron chi connectivity index (χ2n) is 5.49. The molecule has 0 fully saturated rings. The van der Waals surface area contributed by atoms with Gasteiger partial charge in [-0.15, -0.1) is 0 Å². The molecule has 0 saturated heterocycles. The van der Waals surface area contributed by atoms with Crippen molar-refractivity contribution in [1.82, 2.24) is 0 Å². The van der Waals surface area contributed by atoms with E-state index in [9.17, 15) is 0 Å². The molecule has 2 atom stereocenters. The Kier molecular flexibility index (Phi) is 3.75. The third-order valence-corrected chi connectivity index (χ3v) is 3.98. The number of benzene rings is 2. The first-order chi connectivity index (χ1) is 9.78. The highest BCUT2D eigenvalue weighted by atomic mass is 16.5. The quantitative estimate of drug-likeness (QED) is 0.918. The molecule has 2 unspecified atom stereocenters. The Labute approximate surface area is 120 Å². The van der Waals surface area contributed by atoms with Crippen LogP contribution < -0.4 is 10.5 Å². The number of rotatable bonds is 4. The first-order valence-electron chi connectivity index (χ1n) is 7.37. The molecule has 0 saturated carbocycles. The van der Waals surface area contributed by atoms with E-state index in [4.69, 9.17) is 10.5 Å². The second kappa shape index (κ2) is 5.68. The topological polar surface area (TPSA) is 35.2 Å². The van der Waals surface area contributed by atoms with Crippen molar-refractivity contribution >= 4 is 0 Å². The van der Waals surface area contributed by atoms with E-state index < -0.39 is 0 Å². The molecule has 2 N–H and O–H groups in total. The summed E-state index contributed by atoms with van der Waals surface area (Å²) in [6.45, 7) is 2.20. The molecule has 0 radical (unpaired) electrons. The summed E-state index contributed by atoms with van der Waals surface area (Å²) >= 11 is 0. The van der Waals surface area contributed by atoms with Gasteiger partial charge in [0.25, 0.3) is 0 Å². The Balaban J connectivity index is 1.72. The van der Waals surface area contributed by atoms with Crippen molar-refractivity contribution in [2.75, 3.05) is 0 Å². The van der Waals surface area contributed by atoms with Crippen molar-refractivity contribution in [2.45, 2.75) is 38.3 Å². The van der Waals surface area contributed by atoms with E-state index >= 15 is 0 Å². The molecule has 1 aliphatic rings. The van der Waals surface area contributed by atoms with Crippen molar-refractivity contribution in [3.63, 3.8) is 0 Å². The number of hydrogen-bond acceptors (Lipinski definition) is 2. The van der Waals surface area contributed by atoms with Gasteiger partial charge in [0.2, 0.25) is 0 Å². The zero-order valence-corrected chi connectivity index (χ0v) is 11.9. The van der Waals surface area contributed by atoms with E-state index in [1.807, 2.05) is 12.1 Å². The Morgan fingerprint density at radius 1 is 1.15 bits per heavy atom. The minimum atomic E-state index is -0.0712. The van der Waals surface area contributed by atoms with E-state index in [1.165, 1.54) is 17.5 Å². The van der Waals surface area contributed by atoms with E-state index in [-0.39, 0.29) is 12.1 Å². The predicted octanol–water partition coefficient (Wildman–Crippen LogP) is 3.64. The minimum absolute atomic E-state index is 0.0458. The largest absolute Gasteiger partial charge is 0.488 e. The van der Waals surface area contributed by atoms with Gasteiger partial charge in [-0.05, 0) is 29.2 Å². The van der Waals surface area contributed by atoms with Gasteiger partial charge < -0.3 is 10.5 Å². The Morgan fingerprint density at radius 2 is 1.90 bits per heavy atom. The van der Waals surface area contributed by atoms with Crippen LogP contribution >= 0.6 is 0 Å². The third kappa shape index (κ3) is 2.56. The SMILES string of the molecule is CCCc1ccc(C(N)C2Cc3ccccc3O2)cc1. The summed E-state index contributed by atoms with van der Waals surface area (Å²) in [6, 6.07) is 16.8. The van der Waals surface area contributed by atoms with Crippen molar-refractivity contribution < 1.29 is 4.74 Å². The van der Waals surface area contributed by atoms with Gasteiger partial charge in [0, 0.05) is 6.42 Å². The fourth-order valence-electron chi connectivity index (χ4n) is 2.82. The molecular weight excluding hydrogens is 246 g/mol. The van der Waals surface area contributed by atoms with E-state index in [2.05, 4.69) is 43.3 Å². The molecule has 2 aromatic rings. The Morgan fingerprint density at radius 3 is 2.60 bits per heavy atom. The van der Waals surface area contributed by atoms with Crippen LogP contribution in [0.4, 0.5) is 0 Å². The number of nitrogens with two attached hydrogens (primary N) is 1. The highest BCUT2D eigenvalue weighted by molar-refractivity contribution is 5.38. The lowest BCUT2D eigenvalue weighted by Gasteiger charge is -2.19. The number of aryl methyl sites for hydroxylation is 1. The molecule has 1 heterocycles. The van der Waals surface area contributed by atoms with Crippen LogP contribution in [0.5, 0.6) is 5.75 Å². The van der Waals surface area contributed by atoms with Gasteiger partial charge in [-0.25, -0.2) is 0 Å². The maximum atomic E-state index is 6.38. The highest BCUT2D eigenvalue weighted by Gasteiger charge is 2.28. The van der Waals surface area contributed by atoms with Gasteiger partial charge in [0.15, 0.2) is 0 Å². The highest BCUT2D eigenvalue weighted by Crippen LogP contribution is 2.33. The number of ether oxygens (including phenoxy) is 1. The molecule has 3 rings (SSSR count). The van der Waals surface area contributed by atoms with Crippen molar-refractivity contribution in [3.05, 3.63) is 65.2 Å². The zero-order valence-electron chi connectivity index (χ0n) is 11.9. The number of para-hydroxylation sites is 1. The van der Waals surface area contributed by atoms with Crippen LogP contribution in [0.25, 0.3) is 0 Å². The van der Waals surface area contributed by atoms with Crippen molar-refractivity contribution in [2.24, 2.45) is 5.73 Å². The lowest BCUT2D eigenvalue weighted by molar-refractivity contribution is 0.200. The van der Waals surface area contributed by atoms with Gasteiger partial charge in [-0.1, -0.05) is 55.8 Å². The Hall–Kier alpha value is -1.80. The maximum Gasteiger partial charge on any atom is 0.123 e. The molecule has 104 valence electrons. The summed E-state index contributed by atoms with van der Waals surface area (Å²) in [6.07, 6.45) is 3.24. The molecule has 0 bridgehead atoms. The molecule has 2 nitrogen and oxygen atoms in total. The maximum absolute atomic E-state index is 6.38. The van der Waals surface area contributed by atoms with Crippen molar-refractivity contribution in [1.29, 1.82) is 0 Å². The second-order valence-corrected chi connectivity index (χ2v) is 5.49. The van der Waals surface area contributed by atoms with Gasteiger partial charge in [-0.3, -0.25) is 0 Å². The lowest BCUT2D eigenvalue weighted by Crippen LogP contribution is -2.29. The summed E-state index contributed by atoms with van der Waals surface area (Å²) in [5, 5.41) is 0. The fourth-order valence-corrected chi connectivity index (χ4v) is 2.82. The molecule has 2 heteroatoms. The molecule has 1 aliphatic heterocycles. The Bertz CT molecular complexity index is 551. The van der Waals surface area contributed by atoms with Crippen LogP contribution in [0.1, 0.15) is 36.1 Å². The summed E-state index contributed by atoms with van der Waals surface area (Å²) < 4.78 is 5.98. The first-order valence-corrected chi connectivity index (χ1v) is 7.37. The average Bonchev–Trinajstić information content (AvgIpc) is 2.91. The van der Waals surface area contributed by atoms with Crippen LogP contribution in [-0.4, -0.2) is 6.10 Å². The first kappa shape index (κ1) is 13.2. The molecule has 0 amide bonds. The summed E-state index contributed by atoms with van der Waals surface area (Å²) in [7, 11) is 0. The predicted molar refractivity (Wildman–Crippen MR) is 81.9 cm³/mol. The standard InChI is InChI=1S/C18H21NO/c1-2-5-13-8-10-14(11-9-13)18(19)17-12-15-6-3-4-7-16(15)20-17/h3-4,6-11,17-18H,2,5,12,19H2,1H3. The average molecular weight is 267 g/mol. The van der Waals surface area contributed by atoms with E-state index in [0.29, 0.717) is 0 Å². The van der Waals surface area contributed by atoms with Crippen LogP contribution in [0, 0.1) is 0 Å². The monoisotopic (exact) mass is 267 g/mol. The smallest absolute Gasteiger partial charge is 0.123 e. The molecule has 0 aliphatic carbocycles. The fraction of sp³-hybridized carbons (Fsp3) is 0.333. The van der Waals surface area contributed by atoms with Crippen LogP contribution in [0.2, 0.25) is 0 Å². The minimum Gasteiger partial charge on any atom is -0.488 e. The van der Waals surface area contributed by atoms with Gasteiger partial charge in [0.05, 0.1) is 6.04 Å². The van der Waals surface area contributed by atoms with Gasteiger partial charge in [0.1, 0.15) is 11.9 Å². The van der Waals surface area contributed by atoms with Crippen LogP contribution in [0.15, 0.2) is 48.5 Å². The van der Waals surface area contributed by atoms with Gasteiger partial charge in [-0.2, -0.15) is 0 Å². The van der Waals surface area contributed by atoms with E-state index in [0.717, 1.165) is 24.2 Å². The molecule has 20 heavy (non-hydrogen) atoms. The third-order valence-electron chi connectivity index (χ3n) is 3.98. The van der Waals surface area contributed by atoms with Gasteiger partial charge >= 0.3 is 0 Å².